The van der Waals surface area contributed by atoms with Crippen molar-refractivity contribution in [3.63, 3.8) is 0 Å². The van der Waals surface area contributed by atoms with Crippen LogP contribution < -0.4 is 26.2 Å². The minimum Gasteiger partial charge on any atom is -0.375 e. The summed E-state index contributed by atoms with van der Waals surface area (Å²) in [6, 6.07) is 22.4. The van der Waals surface area contributed by atoms with Gasteiger partial charge in [-0.15, -0.1) is 0 Å². The van der Waals surface area contributed by atoms with Crippen LogP contribution in [0.4, 0.5) is 17.1 Å². The summed E-state index contributed by atoms with van der Waals surface area (Å²) in [7, 11) is 2.84. The van der Waals surface area contributed by atoms with Gasteiger partial charge in [0.1, 0.15) is 37.4 Å². The minimum atomic E-state index is -0.817. The molecule has 4 N–H and O–H groups in total. The first-order valence-corrected chi connectivity index (χ1v) is 21.7. The molecule has 0 bridgehead atoms. The molecule has 2 fully saturated rings. The molecule has 3 aromatic rings. The lowest BCUT2D eigenvalue weighted by Gasteiger charge is -2.35. The van der Waals surface area contributed by atoms with Crippen LogP contribution in [0.5, 0.6) is 0 Å². The van der Waals surface area contributed by atoms with E-state index in [9.17, 15) is 28.8 Å². The molecular weight excluding hydrogens is 803 g/mol. The molecule has 15 heteroatoms. The van der Waals surface area contributed by atoms with Gasteiger partial charge >= 0.3 is 0 Å². The van der Waals surface area contributed by atoms with Crippen molar-refractivity contribution in [1.29, 1.82) is 0 Å². The fourth-order valence-corrected chi connectivity index (χ4v) is 8.06. The Morgan fingerprint density at radius 1 is 0.603 bits per heavy atom. The van der Waals surface area contributed by atoms with Crippen LogP contribution >= 0.6 is 0 Å². The number of rotatable bonds is 17. The Morgan fingerprint density at radius 3 is 1.33 bits per heavy atom. The summed E-state index contributed by atoms with van der Waals surface area (Å²) in [5, 5.41) is 11.6. The highest BCUT2D eigenvalue weighted by Gasteiger charge is 2.43. The lowest BCUT2D eigenvalue weighted by atomic mass is 9.85. The molecule has 340 valence electrons. The number of para-hydroxylation sites is 1. The van der Waals surface area contributed by atoms with Crippen molar-refractivity contribution >= 4 is 52.5 Å². The summed E-state index contributed by atoms with van der Waals surface area (Å²) in [6.07, 6.45) is 2.40. The molecule has 1 unspecified atom stereocenters. The smallest absolute Gasteiger partial charge is 0.247 e. The van der Waals surface area contributed by atoms with Gasteiger partial charge in [-0.2, -0.15) is 0 Å². The SMILES string of the molecule is COCC(=O)N[C@H](C(=O)N1CCCC1C(=O)Nc1ccc(CN(Cc2ccc(NC(=O)[C@@H]3CCCN3C(=O)[C@@H](NC(=O)COC)C(C)(C)C)cc2)c2ccccc2)cc1)C(C)(C)C. The maximum absolute atomic E-state index is 13.8. The molecule has 0 radical (unpaired) electrons. The first-order chi connectivity index (χ1) is 29.9. The molecule has 0 saturated carbocycles. The number of benzene rings is 3. The van der Waals surface area contributed by atoms with Gasteiger partial charge < -0.3 is 45.4 Å². The maximum atomic E-state index is 13.8. The van der Waals surface area contributed by atoms with Gasteiger partial charge in [0.05, 0.1) is 0 Å². The number of carbonyl (C=O) groups excluding carboxylic acids is 6. The number of nitrogens with zero attached hydrogens (tertiary/aromatic N) is 3. The van der Waals surface area contributed by atoms with E-state index in [0.717, 1.165) is 16.8 Å². The van der Waals surface area contributed by atoms with Crippen LogP contribution in [-0.4, -0.2) is 110 Å². The van der Waals surface area contributed by atoms with Gasteiger partial charge in [0.2, 0.25) is 35.4 Å². The number of anilines is 3. The van der Waals surface area contributed by atoms with Crippen molar-refractivity contribution in [2.45, 2.75) is 104 Å². The minimum absolute atomic E-state index is 0.163. The van der Waals surface area contributed by atoms with Gasteiger partial charge in [0.15, 0.2) is 0 Å². The molecule has 4 atom stereocenters. The van der Waals surface area contributed by atoms with Crippen molar-refractivity contribution < 1.29 is 38.2 Å². The summed E-state index contributed by atoms with van der Waals surface area (Å²) in [5.41, 5.74) is 3.11. The van der Waals surface area contributed by atoms with Crippen LogP contribution in [0.15, 0.2) is 78.9 Å². The number of ether oxygens (including phenoxy) is 2. The number of methoxy groups -OCH3 is 2. The van der Waals surface area contributed by atoms with Crippen molar-refractivity contribution in [2.75, 3.05) is 56.1 Å². The Labute approximate surface area is 371 Å². The van der Waals surface area contributed by atoms with Gasteiger partial charge in [-0.25, -0.2) is 0 Å². The summed E-state index contributed by atoms with van der Waals surface area (Å²) >= 11 is 0. The fourth-order valence-electron chi connectivity index (χ4n) is 8.06. The van der Waals surface area contributed by atoms with Crippen LogP contribution in [0.2, 0.25) is 0 Å². The zero-order chi connectivity index (χ0) is 45.9. The maximum Gasteiger partial charge on any atom is 0.247 e. The number of amides is 6. The first kappa shape index (κ1) is 48.2. The van der Waals surface area contributed by atoms with Crippen LogP contribution in [0.25, 0.3) is 0 Å². The topological polar surface area (TPSA) is 179 Å². The monoisotopic (exact) mass is 867 g/mol. The molecule has 0 aromatic heterocycles. The summed E-state index contributed by atoms with van der Waals surface area (Å²) in [5.74, 6) is -1.91. The lowest BCUT2D eigenvalue weighted by molar-refractivity contribution is -0.143. The molecule has 2 aliphatic heterocycles. The summed E-state index contributed by atoms with van der Waals surface area (Å²) in [6.45, 7) is 12.9. The van der Waals surface area contributed by atoms with Gasteiger partial charge in [0, 0.05) is 57.5 Å². The van der Waals surface area contributed by atoms with E-state index in [1.54, 1.807) is 9.80 Å². The lowest BCUT2D eigenvalue weighted by Crippen LogP contribution is -2.57. The second kappa shape index (κ2) is 21.5. The molecule has 2 heterocycles. The second-order valence-corrected chi connectivity index (χ2v) is 18.5. The van der Waals surface area contributed by atoms with E-state index in [1.165, 1.54) is 14.2 Å². The normalized spacial score (nSPS) is 17.4. The second-order valence-electron chi connectivity index (χ2n) is 18.5. The van der Waals surface area contributed by atoms with E-state index in [-0.39, 0.29) is 36.8 Å². The average molecular weight is 868 g/mol. The largest absolute Gasteiger partial charge is 0.375 e. The third-order valence-corrected chi connectivity index (χ3v) is 11.4. The predicted molar refractivity (Wildman–Crippen MR) is 242 cm³/mol. The van der Waals surface area contributed by atoms with E-state index in [2.05, 4.69) is 26.2 Å². The van der Waals surface area contributed by atoms with Crippen molar-refractivity contribution in [3.05, 3.63) is 90.0 Å². The summed E-state index contributed by atoms with van der Waals surface area (Å²) < 4.78 is 9.90. The van der Waals surface area contributed by atoms with Crippen molar-refractivity contribution in [2.24, 2.45) is 10.8 Å². The fraction of sp³-hybridized carbons (Fsp3) is 0.500. The van der Waals surface area contributed by atoms with Crippen LogP contribution in [-0.2, 0) is 51.3 Å². The van der Waals surface area contributed by atoms with E-state index < -0.39 is 46.8 Å². The third kappa shape index (κ3) is 13.1. The highest BCUT2D eigenvalue weighted by molar-refractivity contribution is 6.00. The molecule has 5 rings (SSSR count). The van der Waals surface area contributed by atoms with Gasteiger partial charge in [0.25, 0.3) is 0 Å². The molecule has 6 amide bonds. The van der Waals surface area contributed by atoms with Crippen molar-refractivity contribution in [1.82, 2.24) is 20.4 Å². The average Bonchev–Trinajstić information content (AvgIpc) is 3.94. The van der Waals surface area contributed by atoms with Gasteiger partial charge in [-0.3, -0.25) is 28.8 Å². The van der Waals surface area contributed by atoms with E-state index in [4.69, 9.17) is 9.47 Å². The highest BCUT2D eigenvalue weighted by Crippen LogP contribution is 2.29. The Morgan fingerprint density at radius 2 is 0.984 bits per heavy atom. The standard InChI is InChI=1S/C48H65N7O8/c1-47(2,3)41(51-39(56)30-62-7)45(60)54-26-12-16-37(54)43(58)49-34-22-18-32(19-23-34)28-53(36-14-10-9-11-15-36)29-33-20-24-35(25-21-33)50-44(59)38-17-13-27-55(38)46(61)42(48(4,5)6)52-40(57)31-63-8/h9-11,14-15,18-25,37-38,41-42H,12-13,16-17,26-31H2,1-8H3,(H,49,58)(H,50,59)(H,51,56)(H,52,57)/t37-,38?,41+,42+/m0/s1. The Kier molecular flexibility index (Phi) is 16.5. The molecule has 2 saturated heterocycles. The highest BCUT2D eigenvalue weighted by atomic mass is 16.5. The number of carbonyl (C=O) groups is 6. The zero-order valence-corrected chi connectivity index (χ0v) is 38.0. The Balaban J connectivity index is 1.21. The number of likely N-dealkylation sites (tertiary alicyclic amines) is 2. The molecule has 0 spiro atoms. The van der Waals surface area contributed by atoms with Crippen LogP contribution in [0.3, 0.4) is 0 Å². The molecule has 15 nitrogen and oxygen atoms in total. The van der Waals surface area contributed by atoms with E-state index in [0.29, 0.717) is 63.2 Å². The number of hydrogen-bond donors (Lipinski definition) is 4. The molecule has 0 aliphatic carbocycles. The van der Waals surface area contributed by atoms with E-state index >= 15 is 0 Å². The van der Waals surface area contributed by atoms with Crippen LogP contribution in [0.1, 0.15) is 78.4 Å². The van der Waals surface area contributed by atoms with E-state index in [1.807, 2.05) is 120 Å². The third-order valence-electron chi connectivity index (χ3n) is 11.4. The number of nitrogens with one attached hydrogen (secondary N) is 4. The molecule has 63 heavy (non-hydrogen) atoms. The summed E-state index contributed by atoms with van der Waals surface area (Å²) in [4.78, 5) is 84.9. The predicted octanol–water partition coefficient (Wildman–Crippen LogP) is 5.11. The first-order valence-electron chi connectivity index (χ1n) is 21.7. The molecule has 3 aromatic carbocycles. The van der Waals surface area contributed by atoms with Crippen LogP contribution in [0, 0.1) is 10.8 Å². The van der Waals surface area contributed by atoms with Gasteiger partial charge in [-0.05, 0) is 84.0 Å². The Bertz CT molecular complexity index is 1920. The molecular formula is C48H65N7O8. The van der Waals surface area contributed by atoms with Gasteiger partial charge in [-0.1, -0.05) is 84.0 Å². The number of hydrogen-bond acceptors (Lipinski definition) is 9. The molecule has 2 aliphatic rings. The zero-order valence-electron chi connectivity index (χ0n) is 38.0. The Hall–Kier alpha value is -5.80. The quantitative estimate of drug-likeness (QED) is 0.144. The van der Waals surface area contributed by atoms with Crippen molar-refractivity contribution in [3.8, 4) is 0 Å².